The Morgan fingerprint density at radius 3 is 1.67 bits per heavy atom. The molecule has 0 amide bonds. The Balaban J connectivity index is 1.98. The third-order valence-corrected chi connectivity index (χ3v) is 10.7. The highest BCUT2D eigenvalue weighted by Crippen LogP contribution is 2.47. The molecule has 3 aliphatic heterocycles. The Bertz CT molecular complexity index is 924. The molecule has 3 aliphatic rings. The van der Waals surface area contributed by atoms with Crippen LogP contribution in [0, 0.1) is 0 Å². The average Bonchev–Trinajstić information content (AvgIpc) is 3.04. The second kappa shape index (κ2) is 15.3. The predicted octanol–water partition coefficient (Wildman–Crippen LogP) is -4.08. The fraction of sp³-hybridized carbons (Fsp3) is 1.00. The van der Waals surface area contributed by atoms with E-state index in [0.29, 0.717) is 0 Å². The Morgan fingerprint density at radius 2 is 1.18 bits per heavy atom. The van der Waals surface area contributed by atoms with Gasteiger partial charge in [-0.15, -0.1) is 0 Å². The van der Waals surface area contributed by atoms with Gasteiger partial charge in [-0.25, -0.2) is 0 Å². The second-order valence-corrected chi connectivity index (χ2v) is 12.8. The van der Waals surface area contributed by atoms with E-state index >= 15 is 0 Å². The van der Waals surface area contributed by atoms with Crippen molar-refractivity contribution in [3.8, 4) is 0 Å². The van der Waals surface area contributed by atoms with Gasteiger partial charge in [-0.05, 0) is 32.6 Å². The standard InChI is InChI=1S/C29H57N3O13/c1-6-28(7-2,25-16(30)19(37)18(36)13(10-33)41-25)44-23-15(12-35)43-27(5,24(32)21(23)39)29(8-3,9-4)45-22-14(11-34)42-26(40)17(31)20(22)38/h13-26,33-40H,6-12,30-32H2,1-5H3. The van der Waals surface area contributed by atoms with Crippen LogP contribution in [-0.4, -0.2) is 163 Å². The number of rotatable bonds is 13. The molecule has 0 aromatic heterocycles. The molecule has 0 radical (unpaired) electrons. The van der Waals surface area contributed by atoms with Crippen LogP contribution < -0.4 is 17.2 Å². The van der Waals surface area contributed by atoms with Crippen LogP contribution in [0.5, 0.6) is 0 Å². The molecule has 266 valence electrons. The van der Waals surface area contributed by atoms with Crippen molar-refractivity contribution in [3.63, 3.8) is 0 Å². The number of aliphatic hydroxyl groups is 8. The fourth-order valence-electron chi connectivity index (χ4n) is 7.42. The third kappa shape index (κ3) is 6.68. The summed E-state index contributed by atoms with van der Waals surface area (Å²) in [6.45, 7) is 7.02. The molecule has 0 aliphatic carbocycles. The largest absolute Gasteiger partial charge is 0.394 e. The van der Waals surface area contributed by atoms with E-state index in [1.807, 2.05) is 0 Å². The summed E-state index contributed by atoms with van der Waals surface area (Å²) >= 11 is 0. The molecular formula is C29H57N3O13. The minimum Gasteiger partial charge on any atom is -0.394 e. The van der Waals surface area contributed by atoms with Crippen LogP contribution in [0.3, 0.4) is 0 Å². The van der Waals surface area contributed by atoms with E-state index in [-0.39, 0.29) is 25.7 Å². The van der Waals surface area contributed by atoms with Gasteiger partial charge in [0.05, 0.1) is 49.1 Å². The SMILES string of the molecule is CCC(CC)(OC1C(CO)OC(C)(C(CC)(CC)OC2C(CO)OC(O)C(N)C2O)C(N)C1O)C1OC(CO)C(O)C(O)C1N. The Morgan fingerprint density at radius 1 is 0.644 bits per heavy atom. The predicted molar refractivity (Wildman–Crippen MR) is 158 cm³/mol. The molecule has 15 unspecified atom stereocenters. The quantitative estimate of drug-likeness (QED) is 0.0899. The summed E-state index contributed by atoms with van der Waals surface area (Å²) in [6, 6.07) is -3.56. The molecule has 0 bridgehead atoms. The summed E-state index contributed by atoms with van der Waals surface area (Å²) in [5, 5.41) is 84.2. The number of ether oxygens (including phenoxy) is 5. The molecule has 3 rings (SSSR count). The van der Waals surface area contributed by atoms with Gasteiger partial charge in [0.2, 0.25) is 0 Å². The minimum atomic E-state index is -1.53. The average molecular weight is 656 g/mol. The van der Waals surface area contributed by atoms with E-state index in [4.69, 9.17) is 40.9 Å². The first-order valence-corrected chi connectivity index (χ1v) is 16.0. The molecule has 3 heterocycles. The summed E-state index contributed by atoms with van der Waals surface area (Å²) in [4.78, 5) is 0. The maximum atomic E-state index is 11.8. The first kappa shape index (κ1) is 38.8. The van der Waals surface area contributed by atoms with Crippen molar-refractivity contribution in [3.05, 3.63) is 0 Å². The minimum absolute atomic E-state index is 0.241. The van der Waals surface area contributed by atoms with E-state index in [0.717, 1.165) is 0 Å². The van der Waals surface area contributed by atoms with Crippen molar-refractivity contribution in [1.29, 1.82) is 0 Å². The van der Waals surface area contributed by atoms with Crippen molar-refractivity contribution in [2.24, 2.45) is 17.2 Å². The van der Waals surface area contributed by atoms with Gasteiger partial charge >= 0.3 is 0 Å². The van der Waals surface area contributed by atoms with Crippen molar-refractivity contribution < 1.29 is 64.5 Å². The van der Waals surface area contributed by atoms with Crippen LogP contribution in [0.15, 0.2) is 0 Å². The molecule has 45 heavy (non-hydrogen) atoms. The Hall–Kier alpha value is -0.640. The van der Waals surface area contributed by atoms with Gasteiger partial charge < -0.3 is 81.7 Å². The third-order valence-electron chi connectivity index (χ3n) is 10.7. The monoisotopic (exact) mass is 655 g/mol. The maximum absolute atomic E-state index is 11.8. The number of hydrogen-bond donors (Lipinski definition) is 11. The van der Waals surface area contributed by atoms with E-state index in [9.17, 15) is 40.9 Å². The molecule has 0 spiro atoms. The summed E-state index contributed by atoms with van der Waals surface area (Å²) in [5.41, 5.74) is 14.9. The number of aliphatic hydroxyl groups excluding tert-OH is 8. The van der Waals surface area contributed by atoms with E-state index in [2.05, 4.69) is 0 Å². The highest BCUT2D eigenvalue weighted by molar-refractivity contribution is 5.14. The normalized spacial score (nSPS) is 45.1. The zero-order valence-electron chi connectivity index (χ0n) is 26.9. The van der Waals surface area contributed by atoms with E-state index < -0.39 is 122 Å². The van der Waals surface area contributed by atoms with Gasteiger partial charge in [-0.3, -0.25) is 0 Å². The summed E-state index contributed by atoms with van der Waals surface area (Å²) in [7, 11) is 0. The van der Waals surface area contributed by atoms with Crippen molar-refractivity contribution in [1.82, 2.24) is 0 Å². The zero-order valence-corrected chi connectivity index (χ0v) is 26.9. The molecular weight excluding hydrogens is 598 g/mol. The van der Waals surface area contributed by atoms with Crippen molar-refractivity contribution in [2.45, 2.75) is 163 Å². The smallest absolute Gasteiger partial charge is 0.173 e. The lowest BCUT2D eigenvalue weighted by atomic mass is 9.70. The van der Waals surface area contributed by atoms with Gasteiger partial charge in [0.15, 0.2) is 6.29 Å². The van der Waals surface area contributed by atoms with Crippen LogP contribution in [-0.2, 0) is 23.7 Å². The van der Waals surface area contributed by atoms with Gasteiger partial charge in [0.25, 0.3) is 0 Å². The number of nitrogens with two attached hydrogens (primary N) is 3. The second-order valence-electron chi connectivity index (χ2n) is 12.8. The highest BCUT2D eigenvalue weighted by atomic mass is 16.7. The highest BCUT2D eigenvalue weighted by Gasteiger charge is 2.63. The first-order chi connectivity index (χ1) is 21.1. The van der Waals surface area contributed by atoms with Gasteiger partial charge in [-0.1, -0.05) is 27.7 Å². The molecule has 0 aromatic carbocycles. The molecule has 15 atom stereocenters. The molecule has 3 fully saturated rings. The lowest BCUT2D eigenvalue weighted by Crippen LogP contribution is -2.77. The van der Waals surface area contributed by atoms with Crippen LogP contribution in [0.25, 0.3) is 0 Å². The van der Waals surface area contributed by atoms with Crippen LogP contribution >= 0.6 is 0 Å². The lowest BCUT2D eigenvalue weighted by Gasteiger charge is -2.60. The number of hydrogen-bond acceptors (Lipinski definition) is 16. The summed E-state index contributed by atoms with van der Waals surface area (Å²) < 4.78 is 31.0. The first-order valence-electron chi connectivity index (χ1n) is 16.0. The maximum Gasteiger partial charge on any atom is 0.173 e. The van der Waals surface area contributed by atoms with E-state index in [1.165, 1.54) is 0 Å². The van der Waals surface area contributed by atoms with Crippen molar-refractivity contribution in [2.75, 3.05) is 19.8 Å². The van der Waals surface area contributed by atoms with Crippen LogP contribution in [0.2, 0.25) is 0 Å². The molecule has 0 saturated carbocycles. The van der Waals surface area contributed by atoms with Crippen molar-refractivity contribution >= 4 is 0 Å². The zero-order chi connectivity index (χ0) is 34.1. The van der Waals surface area contributed by atoms with Gasteiger partial charge in [0.1, 0.15) is 66.6 Å². The lowest BCUT2D eigenvalue weighted by molar-refractivity contribution is -0.348. The van der Waals surface area contributed by atoms with Gasteiger partial charge in [0, 0.05) is 0 Å². The van der Waals surface area contributed by atoms with Gasteiger partial charge in [-0.2, -0.15) is 0 Å². The summed E-state index contributed by atoms with van der Waals surface area (Å²) in [6.07, 6.45) is -13.2. The Kier molecular flexibility index (Phi) is 13.2. The topological polar surface area (TPSA) is 286 Å². The molecule has 3 saturated heterocycles. The molecule has 16 heteroatoms. The molecule has 14 N–H and O–H groups in total. The van der Waals surface area contributed by atoms with E-state index in [1.54, 1.807) is 34.6 Å². The van der Waals surface area contributed by atoms with Crippen LogP contribution in [0.1, 0.15) is 60.3 Å². The van der Waals surface area contributed by atoms with Crippen LogP contribution in [0.4, 0.5) is 0 Å². The molecule has 0 aromatic rings. The Labute approximate surface area is 264 Å². The molecule has 16 nitrogen and oxygen atoms in total. The fourth-order valence-corrected chi connectivity index (χ4v) is 7.42. The summed E-state index contributed by atoms with van der Waals surface area (Å²) in [5.74, 6) is 0.